The number of aryl methyl sites for hydroxylation is 5. The minimum Gasteiger partial charge on any atom is -0.352 e. The predicted molar refractivity (Wildman–Crippen MR) is 127 cm³/mol. The van der Waals surface area contributed by atoms with E-state index in [1.165, 1.54) is 5.56 Å². The number of benzene rings is 2. The first-order chi connectivity index (χ1) is 15.4. The van der Waals surface area contributed by atoms with Crippen molar-refractivity contribution in [2.45, 2.75) is 40.7 Å². The molecule has 0 unspecified atom stereocenters. The molecule has 2 aromatic heterocycles. The van der Waals surface area contributed by atoms with E-state index in [0.717, 1.165) is 41.2 Å². The summed E-state index contributed by atoms with van der Waals surface area (Å²) in [4.78, 5) is 13.2. The standard InChI is InChI=1S/C26H29N5O/c1-18-11-12-23(19(2)15-18)25-24(17-31(29-25)22-9-6-5-7-10-22)26(32)27-13-8-14-30-21(4)16-20(3)28-30/h5-7,9-12,15-17H,8,13-14H2,1-4H3,(H,27,32). The molecule has 1 N–H and O–H groups in total. The van der Waals surface area contributed by atoms with Crippen molar-refractivity contribution in [2.75, 3.05) is 6.54 Å². The molecule has 1 amide bonds. The zero-order valence-electron chi connectivity index (χ0n) is 19.1. The summed E-state index contributed by atoms with van der Waals surface area (Å²) in [6.07, 6.45) is 2.62. The lowest BCUT2D eigenvalue weighted by molar-refractivity contribution is 0.0953. The molecule has 32 heavy (non-hydrogen) atoms. The average Bonchev–Trinajstić information content (AvgIpc) is 3.35. The normalized spacial score (nSPS) is 11.0. The molecule has 6 nitrogen and oxygen atoms in total. The Labute approximate surface area is 188 Å². The van der Waals surface area contributed by atoms with E-state index in [4.69, 9.17) is 5.10 Å². The third-order valence-electron chi connectivity index (χ3n) is 5.55. The second kappa shape index (κ2) is 9.22. The molecule has 2 aromatic carbocycles. The van der Waals surface area contributed by atoms with Crippen molar-refractivity contribution in [1.82, 2.24) is 24.9 Å². The molecule has 0 aliphatic carbocycles. The van der Waals surface area contributed by atoms with Crippen molar-refractivity contribution in [3.05, 3.63) is 88.9 Å². The Bertz CT molecular complexity index is 1240. The summed E-state index contributed by atoms with van der Waals surface area (Å²) < 4.78 is 3.76. The van der Waals surface area contributed by atoms with E-state index in [1.54, 1.807) is 4.68 Å². The Morgan fingerprint density at radius 3 is 2.44 bits per heavy atom. The summed E-state index contributed by atoms with van der Waals surface area (Å²) in [5.41, 5.74) is 7.59. The Morgan fingerprint density at radius 2 is 1.75 bits per heavy atom. The SMILES string of the molecule is Cc1ccc(-c2nn(-c3ccccc3)cc2C(=O)NCCCn2nc(C)cc2C)c(C)c1. The monoisotopic (exact) mass is 427 g/mol. The van der Waals surface area contributed by atoms with E-state index in [0.29, 0.717) is 17.8 Å². The molecule has 0 saturated heterocycles. The van der Waals surface area contributed by atoms with E-state index in [2.05, 4.69) is 42.5 Å². The summed E-state index contributed by atoms with van der Waals surface area (Å²) in [6.45, 7) is 9.50. The predicted octanol–water partition coefficient (Wildman–Crippen LogP) is 4.79. The number of nitrogens with zero attached hydrogens (tertiary/aromatic N) is 4. The van der Waals surface area contributed by atoms with E-state index in [-0.39, 0.29) is 5.91 Å². The molecule has 0 saturated carbocycles. The van der Waals surface area contributed by atoms with Crippen LogP contribution in [0.5, 0.6) is 0 Å². The van der Waals surface area contributed by atoms with Crippen LogP contribution in [0.25, 0.3) is 16.9 Å². The van der Waals surface area contributed by atoms with Crippen molar-refractivity contribution in [3.8, 4) is 16.9 Å². The van der Waals surface area contributed by atoms with Crippen molar-refractivity contribution in [2.24, 2.45) is 0 Å². The highest BCUT2D eigenvalue weighted by atomic mass is 16.1. The van der Waals surface area contributed by atoms with Crippen LogP contribution >= 0.6 is 0 Å². The van der Waals surface area contributed by atoms with Crippen molar-refractivity contribution in [1.29, 1.82) is 0 Å². The largest absolute Gasteiger partial charge is 0.352 e. The molecule has 2 heterocycles. The molecule has 4 rings (SSSR count). The van der Waals surface area contributed by atoms with Gasteiger partial charge in [-0.15, -0.1) is 0 Å². The summed E-state index contributed by atoms with van der Waals surface area (Å²) >= 11 is 0. The van der Waals surface area contributed by atoms with Crippen LogP contribution in [0, 0.1) is 27.7 Å². The molecule has 0 fully saturated rings. The van der Waals surface area contributed by atoms with Gasteiger partial charge in [-0.25, -0.2) is 4.68 Å². The van der Waals surface area contributed by atoms with Crippen LogP contribution in [0.1, 0.15) is 39.3 Å². The van der Waals surface area contributed by atoms with Gasteiger partial charge in [0, 0.05) is 30.5 Å². The van der Waals surface area contributed by atoms with Gasteiger partial charge in [0.15, 0.2) is 0 Å². The molecule has 0 bridgehead atoms. The van der Waals surface area contributed by atoms with Crippen LogP contribution in [-0.4, -0.2) is 32.0 Å². The number of amides is 1. The van der Waals surface area contributed by atoms with Gasteiger partial charge in [-0.3, -0.25) is 9.48 Å². The first kappa shape index (κ1) is 21.6. The number of aromatic nitrogens is 4. The number of carbonyl (C=O) groups is 1. The van der Waals surface area contributed by atoms with Crippen LogP contribution in [0.4, 0.5) is 0 Å². The third kappa shape index (κ3) is 4.64. The Hall–Kier alpha value is -3.67. The Morgan fingerprint density at radius 1 is 0.969 bits per heavy atom. The van der Waals surface area contributed by atoms with Crippen molar-refractivity contribution >= 4 is 5.91 Å². The number of para-hydroxylation sites is 1. The van der Waals surface area contributed by atoms with Gasteiger partial charge in [-0.2, -0.15) is 10.2 Å². The molecule has 6 heteroatoms. The van der Waals surface area contributed by atoms with Gasteiger partial charge in [0.1, 0.15) is 5.69 Å². The van der Waals surface area contributed by atoms with Gasteiger partial charge in [-0.1, -0.05) is 42.0 Å². The zero-order chi connectivity index (χ0) is 22.7. The summed E-state index contributed by atoms with van der Waals surface area (Å²) in [7, 11) is 0. The van der Waals surface area contributed by atoms with Gasteiger partial charge < -0.3 is 5.32 Å². The first-order valence-electron chi connectivity index (χ1n) is 10.9. The summed E-state index contributed by atoms with van der Waals surface area (Å²) in [5, 5.41) is 12.3. The number of hydrogen-bond acceptors (Lipinski definition) is 3. The van der Waals surface area contributed by atoms with E-state index < -0.39 is 0 Å². The van der Waals surface area contributed by atoms with Crippen LogP contribution in [0.15, 0.2) is 60.8 Å². The lowest BCUT2D eigenvalue weighted by Gasteiger charge is -2.08. The van der Waals surface area contributed by atoms with E-state index in [1.807, 2.05) is 61.1 Å². The third-order valence-corrected chi connectivity index (χ3v) is 5.55. The van der Waals surface area contributed by atoms with Crippen LogP contribution in [-0.2, 0) is 6.54 Å². The highest BCUT2D eigenvalue weighted by molar-refractivity contribution is 6.00. The summed E-state index contributed by atoms with van der Waals surface area (Å²) in [5.74, 6) is -0.115. The lowest BCUT2D eigenvalue weighted by Crippen LogP contribution is -2.25. The van der Waals surface area contributed by atoms with Crippen LogP contribution < -0.4 is 5.32 Å². The minimum atomic E-state index is -0.115. The molecule has 0 radical (unpaired) electrons. The topological polar surface area (TPSA) is 64.7 Å². The average molecular weight is 428 g/mol. The quantitative estimate of drug-likeness (QED) is 0.431. The molecule has 0 aliphatic rings. The molecule has 164 valence electrons. The highest BCUT2D eigenvalue weighted by Gasteiger charge is 2.19. The number of rotatable bonds is 7. The first-order valence-corrected chi connectivity index (χ1v) is 10.9. The van der Waals surface area contributed by atoms with Crippen molar-refractivity contribution < 1.29 is 4.79 Å². The fraction of sp³-hybridized carbons (Fsp3) is 0.269. The maximum atomic E-state index is 13.2. The number of hydrogen-bond donors (Lipinski definition) is 1. The maximum absolute atomic E-state index is 13.2. The Balaban J connectivity index is 1.56. The minimum absolute atomic E-state index is 0.115. The van der Waals surface area contributed by atoms with Gasteiger partial charge in [0.25, 0.3) is 5.91 Å². The lowest BCUT2D eigenvalue weighted by atomic mass is 10.0. The molecule has 4 aromatic rings. The molecular formula is C26H29N5O. The van der Waals surface area contributed by atoms with Crippen molar-refractivity contribution in [3.63, 3.8) is 0 Å². The molecule has 0 atom stereocenters. The summed E-state index contributed by atoms with van der Waals surface area (Å²) in [6, 6.07) is 18.1. The van der Waals surface area contributed by atoms with Crippen LogP contribution in [0.3, 0.4) is 0 Å². The van der Waals surface area contributed by atoms with Gasteiger partial charge in [0.05, 0.1) is 16.9 Å². The number of carbonyl (C=O) groups excluding carboxylic acids is 1. The molecular weight excluding hydrogens is 398 g/mol. The van der Waals surface area contributed by atoms with Crippen LogP contribution in [0.2, 0.25) is 0 Å². The fourth-order valence-electron chi connectivity index (χ4n) is 3.96. The molecule has 0 aliphatic heterocycles. The zero-order valence-corrected chi connectivity index (χ0v) is 19.1. The van der Waals surface area contributed by atoms with Gasteiger partial charge >= 0.3 is 0 Å². The molecule has 0 spiro atoms. The second-order valence-electron chi connectivity index (χ2n) is 8.25. The van der Waals surface area contributed by atoms with E-state index in [9.17, 15) is 4.79 Å². The number of nitrogens with one attached hydrogen (secondary N) is 1. The smallest absolute Gasteiger partial charge is 0.255 e. The Kier molecular flexibility index (Phi) is 6.21. The van der Waals surface area contributed by atoms with Gasteiger partial charge in [-0.05, 0) is 57.9 Å². The maximum Gasteiger partial charge on any atom is 0.255 e. The van der Waals surface area contributed by atoms with Gasteiger partial charge in [0.2, 0.25) is 0 Å². The second-order valence-corrected chi connectivity index (χ2v) is 8.25. The highest BCUT2D eigenvalue weighted by Crippen LogP contribution is 2.27. The van der Waals surface area contributed by atoms with E-state index >= 15 is 0 Å². The fourth-order valence-corrected chi connectivity index (χ4v) is 3.96.